The highest BCUT2D eigenvalue weighted by atomic mass is 19.1. The molecular formula is C29H35BFN3O5. The molecular weight excluding hydrogens is 500 g/mol. The number of likely N-dealkylation sites (tertiary alicyclic amines) is 1. The minimum Gasteiger partial charge on any atom is -0.444 e. The third-order valence-corrected chi connectivity index (χ3v) is 7.40. The number of alkyl carbamates (subject to hydrolysis) is 1. The third kappa shape index (κ3) is 6.10. The van der Waals surface area contributed by atoms with Crippen molar-refractivity contribution in [2.24, 2.45) is 0 Å². The number of hydrogen-bond acceptors (Lipinski definition) is 6. The molecule has 1 N–H and O–H groups in total. The van der Waals surface area contributed by atoms with Crippen molar-refractivity contribution in [3.8, 4) is 17.2 Å². The first-order valence-electron chi connectivity index (χ1n) is 13.1. The maximum atomic E-state index is 14.6. The fraction of sp³-hybridized carbons (Fsp3) is 0.483. The summed E-state index contributed by atoms with van der Waals surface area (Å²) < 4.78 is 32.5. The number of hydrogen-bond donors (Lipinski definition) is 1. The number of carbonyl (C=O) groups excluding carboxylic acids is 2. The van der Waals surface area contributed by atoms with Gasteiger partial charge in [-0.3, -0.25) is 4.79 Å². The first-order valence-corrected chi connectivity index (χ1v) is 13.1. The number of halogens is 1. The summed E-state index contributed by atoms with van der Waals surface area (Å²) in [5, 5.41) is 12.0. The van der Waals surface area contributed by atoms with E-state index in [1.54, 1.807) is 49.9 Å². The van der Waals surface area contributed by atoms with E-state index in [0.717, 1.165) is 0 Å². The van der Waals surface area contributed by atoms with Crippen LogP contribution in [0.25, 0.3) is 11.1 Å². The predicted octanol–water partition coefficient (Wildman–Crippen LogP) is 4.40. The molecule has 0 spiro atoms. The minimum atomic E-state index is -0.734. The average Bonchev–Trinajstić information content (AvgIpc) is 3.37. The van der Waals surface area contributed by atoms with E-state index in [1.807, 2.05) is 33.8 Å². The number of rotatable bonds is 4. The maximum Gasteiger partial charge on any atom is 0.495 e. The van der Waals surface area contributed by atoms with E-state index >= 15 is 0 Å². The quantitative estimate of drug-likeness (QED) is 0.583. The smallest absolute Gasteiger partial charge is 0.444 e. The third-order valence-electron chi connectivity index (χ3n) is 7.40. The molecule has 10 heteroatoms. The molecule has 0 aliphatic carbocycles. The molecule has 2 aromatic carbocycles. The standard InChI is InChI=1S/C29H35BFN3O5/c1-27(2,3)37-26(36)33-21-12-13-34(17-21)25(35)19-10-11-23(30-38-28(4,5)29(6,7)39-30)22(14-19)18-8-9-20(16-32)24(31)15-18/h8-11,14-15,21H,12-13,17H2,1-7H3,(H,33,36)/t21-/m0/s1. The molecule has 2 aliphatic rings. The topological polar surface area (TPSA) is 101 Å². The molecule has 0 unspecified atom stereocenters. The van der Waals surface area contributed by atoms with Crippen molar-refractivity contribution in [3.63, 3.8) is 0 Å². The average molecular weight is 535 g/mol. The maximum absolute atomic E-state index is 14.6. The number of benzene rings is 2. The van der Waals surface area contributed by atoms with E-state index < -0.39 is 35.8 Å². The summed E-state index contributed by atoms with van der Waals surface area (Å²) in [6.07, 6.45) is 0.0868. The Kier molecular flexibility index (Phi) is 7.54. The summed E-state index contributed by atoms with van der Waals surface area (Å²) in [4.78, 5) is 27.4. The SMILES string of the molecule is CC(C)(C)OC(=O)N[C@H]1CCN(C(=O)c2ccc(B3OC(C)(C)C(C)(C)O3)c(-c3ccc(C#N)c(F)c3)c2)C1. The van der Waals surface area contributed by atoms with Crippen LogP contribution in [0.5, 0.6) is 0 Å². The Hall–Kier alpha value is -3.42. The molecule has 2 heterocycles. The molecule has 0 radical (unpaired) electrons. The summed E-state index contributed by atoms with van der Waals surface area (Å²) in [5.74, 6) is -0.860. The van der Waals surface area contributed by atoms with Crippen LogP contribution in [0.15, 0.2) is 36.4 Å². The van der Waals surface area contributed by atoms with Crippen LogP contribution in [0, 0.1) is 17.1 Å². The van der Waals surface area contributed by atoms with E-state index in [-0.39, 0.29) is 17.5 Å². The highest BCUT2D eigenvalue weighted by molar-refractivity contribution is 6.64. The van der Waals surface area contributed by atoms with Crippen molar-refractivity contribution >= 4 is 24.6 Å². The van der Waals surface area contributed by atoms with Crippen LogP contribution >= 0.6 is 0 Å². The van der Waals surface area contributed by atoms with Gasteiger partial charge in [0.1, 0.15) is 17.5 Å². The second-order valence-corrected chi connectivity index (χ2v) is 12.1. The van der Waals surface area contributed by atoms with Gasteiger partial charge in [0.25, 0.3) is 5.91 Å². The normalized spacial score (nSPS) is 20.0. The van der Waals surface area contributed by atoms with Crippen LogP contribution in [0.3, 0.4) is 0 Å². The van der Waals surface area contributed by atoms with Crippen LogP contribution in [0.4, 0.5) is 9.18 Å². The Balaban J connectivity index is 1.62. The molecule has 8 nitrogen and oxygen atoms in total. The lowest BCUT2D eigenvalue weighted by Crippen LogP contribution is -2.41. The number of ether oxygens (including phenoxy) is 1. The van der Waals surface area contributed by atoms with Gasteiger partial charge in [0.05, 0.1) is 22.8 Å². The summed E-state index contributed by atoms with van der Waals surface area (Å²) in [7, 11) is -0.734. The van der Waals surface area contributed by atoms with E-state index in [1.165, 1.54) is 12.1 Å². The second-order valence-electron chi connectivity index (χ2n) is 12.1. The van der Waals surface area contributed by atoms with E-state index in [0.29, 0.717) is 41.7 Å². The lowest BCUT2D eigenvalue weighted by Gasteiger charge is -2.32. The van der Waals surface area contributed by atoms with Gasteiger partial charge in [0.2, 0.25) is 0 Å². The predicted molar refractivity (Wildman–Crippen MR) is 146 cm³/mol. The van der Waals surface area contributed by atoms with Gasteiger partial charge < -0.3 is 24.3 Å². The first-order chi connectivity index (χ1) is 18.1. The summed E-state index contributed by atoms with van der Waals surface area (Å²) in [6.45, 7) is 14.0. The molecule has 0 saturated carbocycles. The fourth-order valence-corrected chi connectivity index (χ4v) is 4.61. The van der Waals surface area contributed by atoms with Crippen molar-refractivity contribution < 1.29 is 28.0 Å². The van der Waals surface area contributed by atoms with E-state index in [4.69, 9.17) is 14.0 Å². The molecule has 2 aliphatic heterocycles. The summed E-state index contributed by atoms with van der Waals surface area (Å²) in [6, 6.07) is 11.2. The second kappa shape index (κ2) is 10.3. The van der Waals surface area contributed by atoms with Gasteiger partial charge in [-0.25, -0.2) is 9.18 Å². The molecule has 0 aromatic heterocycles. The van der Waals surface area contributed by atoms with Gasteiger partial charge in [-0.1, -0.05) is 12.1 Å². The fourth-order valence-electron chi connectivity index (χ4n) is 4.61. The van der Waals surface area contributed by atoms with Crippen molar-refractivity contribution in [3.05, 3.63) is 53.3 Å². The Labute approximate surface area is 229 Å². The van der Waals surface area contributed by atoms with Gasteiger partial charge >= 0.3 is 13.2 Å². The van der Waals surface area contributed by atoms with Gasteiger partial charge in [0, 0.05) is 18.7 Å². The van der Waals surface area contributed by atoms with Gasteiger partial charge in [-0.15, -0.1) is 0 Å². The van der Waals surface area contributed by atoms with Crippen LogP contribution in [-0.4, -0.2) is 60.0 Å². The lowest BCUT2D eigenvalue weighted by atomic mass is 9.73. The van der Waals surface area contributed by atoms with Gasteiger partial charge in [0.15, 0.2) is 0 Å². The number of carbonyl (C=O) groups is 2. The number of nitrogens with zero attached hydrogens (tertiary/aromatic N) is 2. The van der Waals surface area contributed by atoms with Gasteiger partial charge in [-0.05, 0) is 95.7 Å². The highest BCUT2D eigenvalue weighted by Crippen LogP contribution is 2.37. The first kappa shape index (κ1) is 28.6. The van der Waals surface area contributed by atoms with Crippen molar-refractivity contribution in [2.75, 3.05) is 13.1 Å². The lowest BCUT2D eigenvalue weighted by molar-refractivity contribution is 0.00578. The van der Waals surface area contributed by atoms with Gasteiger partial charge in [-0.2, -0.15) is 5.26 Å². The Morgan fingerprint density at radius 2 is 1.79 bits per heavy atom. The van der Waals surface area contributed by atoms with Crippen LogP contribution < -0.4 is 10.8 Å². The molecule has 1 atom stereocenters. The summed E-state index contributed by atoms with van der Waals surface area (Å²) >= 11 is 0. The van der Waals surface area contributed by atoms with Crippen molar-refractivity contribution in [1.82, 2.24) is 10.2 Å². The number of amides is 2. The zero-order valence-electron chi connectivity index (χ0n) is 23.6. The molecule has 2 fully saturated rings. The van der Waals surface area contributed by atoms with E-state index in [2.05, 4.69) is 5.32 Å². The molecule has 39 heavy (non-hydrogen) atoms. The monoisotopic (exact) mass is 535 g/mol. The molecule has 0 bridgehead atoms. The Bertz CT molecular complexity index is 1320. The van der Waals surface area contributed by atoms with Crippen LogP contribution in [0.2, 0.25) is 0 Å². The zero-order chi connectivity index (χ0) is 28.8. The Morgan fingerprint density at radius 3 is 2.38 bits per heavy atom. The molecule has 4 rings (SSSR count). The van der Waals surface area contributed by atoms with Crippen LogP contribution in [0.1, 0.15) is 70.8 Å². The molecule has 206 valence electrons. The Morgan fingerprint density at radius 1 is 1.13 bits per heavy atom. The molecule has 2 aromatic rings. The van der Waals surface area contributed by atoms with Crippen molar-refractivity contribution in [1.29, 1.82) is 5.26 Å². The molecule has 2 amide bonds. The number of nitriles is 1. The highest BCUT2D eigenvalue weighted by Gasteiger charge is 2.52. The summed E-state index contributed by atoms with van der Waals surface area (Å²) in [5.41, 5.74) is 0.271. The van der Waals surface area contributed by atoms with E-state index in [9.17, 15) is 19.2 Å². The number of nitrogens with one attached hydrogen (secondary N) is 1. The van der Waals surface area contributed by atoms with Crippen LogP contribution in [-0.2, 0) is 14.0 Å². The van der Waals surface area contributed by atoms with Crippen molar-refractivity contribution in [2.45, 2.75) is 77.7 Å². The minimum absolute atomic E-state index is 0.0660. The largest absolute Gasteiger partial charge is 0.495 e. The zero-order valence-corrected chi connectivity index (χ0v) is 23.6. The molecule has 2 saturated heterocycles.